The number of ether oxygens (including phenoxy) is 1. The fourth-order valence-corrected chi connectivity index (χ4v) is 3.36. The van der Waals surface area contributed by atoms with Crippen molar-refractivity contribution in [2.24, 2.45) is 5.92 Å². The molecule has 0 aliphatic carbocycles. The van der Waals surface area contributed by atoms with E-state index in [9.17, 15) is 18.4 Å². The smallest absolute Gasteiger partial charge is 0.387 e. The minimum Gasteiger partial charge on any atom is -0.435 e. The van der Waals surface area contributed by atoms with Crippen LogP contribution in [-0.4, -0.2) is 30.2 Å². The lowest BCUT2D eigenvalue weighted by molar-refractivity contribution is -0.0498. The molecule has 0 saturated carbocycles. The Kier molecular flexibility index (Phi) is 8.16. The maximum absolute atomic E-state index is 12.8. The number of hydrogen-bond acceptors (Lipinski definition) is 4. The average Bonchev–Trinajstić information content (AvgIpc) is 2.66. The molecule has 1 aromatic heterocycles. The predicted molar refractivity (Wildman–Crippen MR) is 109 cm³/mol. The van der Waals surface area contributed by atoms with Gasteiger partial charge >= 0.3 is 6.61 Å². The van der Waals surface area contributed by atoms with Gasteiger partial charge in [0.2, 0.25) is 0 Å². The second kappa shape index (κ2) is 10.4. The van der Waals surface area contributed by atoms with E-state index in [4.69, 9.17) is 0 Å². The fourth-order valence-electron chi connectivity index (χ4n) is 3.36. The summed E-state index contributed by atoms with van der Waals surface area (Å²) in [4.78, 5) is 25.5. The van der Waals surface area contributed by atoms with E-state index in [2.05, 4.69) is 15.4 Å². The summed E-state index contributed by atoms with van der Waals surface area (Å²) in [6, 6.07) is 7.30. The summed E-state index contributed by atoms with van der Waals surface area (Å²) < 4.78 is 30.3. The van der Waals surface area contributed by atoms with Crippen molar-refractivity contribution in [1.82, 2.24) is 9.88 Å². The van der Waals surface area contributed by atoms with Gasteiger partial charge in [-0.15, -0.1) is 12.4 Å². The van der Waals surface area contributed by atoms with Gasteiger partial charge < -0.3 is 19.9 Å². The highest BCUT2D eigenvalue weighted by molar-refractivity contribution is 6.05. The van der Waals surface area contributed by atoms with E-state index in [1.807, 2.05) is 0 Å². The molecule has 2 heterocycles. The number of benzene rings is 1. The van der Waals surface area contributed by atoms with E-state index < -0.39 is 12.5 Å². The van der Waals surface area contributed by atoms with Crippen molar-refractivity contribution in [3.63, 3.8) is 0 Å². The minimum absolute atomic E-state index is 0. The van der Waals surface area contributed by atoms with E-state index in [0.29, 0.717) is 23.7 Å². The Morgan fingerprint density at radius 2 is 2.03 bits per heavy atom. The molecule has 0 spiro atoms. The maximum Gasteiger partial charge on any atom is 0.387 e. The molecule has 2 aromatic rings. The first-order valence-electron chi connectivity index (χ1n) is 9.21. The van der Waals surface area contributed by atoms with Gasteiger partial charge in [0.05, 0.1) is 0 Å². The van der Waals surface area contributed by atoms with Gasteiger partial charge in [-0.3, -0.25) is 9.59 Å². The molecule has 1 amide bonds. The maximum atomic E-state index is 12.8. The third-order valence-corrected chi connectivity index (χ3v) is 4.79. The van der Waals surface area contributed by atoms with Crippen LogP contribution in [0.4, 0.5) is 14.5 Å². The molecule has 2 N–H and O–H groups in total. The molecule has 0 radical (unpaired) electrons. The molecule has 1 unspecified atom stereocenters. The number of piperidine rings is 1. The summed E-state index contributed by atoms with van der Waals surface area (Å²) in [5.41, 5.74) is 0.718. The number of carbonyl (C=O) groups excluding carboxylic acids is 1. The van der Waals surface area contributed by atoms with Crippen molar-refractivity contribution in [1.29, 1.82) is 0 Å². The monoisotopic (exact) mass is 427 g/mol. The number of nitrogens with zero attached hydrogens (tertiary/aromatic N) is 1. The molecular weight excluding hydrogens is 404 g/mol. The molecule has 6 nitrogen and oxygen atoms in total. The zero-order chi connectivity index (χ0) is 20.1. The van der Waals surface area contributed by atoms with Crippen molar-refractivity contribution < 1.29 is 18.3 Å². The van der Waals surface area contributed by atoms with Crippen LogP contribution in [0.3, 0.4) is 0 Å². The number of amides is 1. The Morgan fingerprint density at radius 1 is 1.31 bits per heavy atom. The fraction of sp³-hybridized carbons (Fsp3) is 0.400. The second-order valence-corrected chi connectivity index (χ2v) is 6.90. The number of hydrogen-bond donors (Lipinski definition) is 2. The highest BCUT2D eigenvalue weighted by Gasteiger charge is 2.19. The first kappa shape index (κ1) is 22.8. The van der Waals surface area contributed by atoms with E-state index >= 15 is 0 Å². The quantitative estimate of drug-likeness (QED) is 0.740. The number of nitrogens with one attached hydrogen (secondary N) is 2. The number of anilines is 1. The molecule has 29 heavy (non-hydrogen) atoms. The molecule has 1 saturated heterocycles. The van der Waals surface area contributed by atoms with Crippen molar-refractivity contribution in [3.05, 3.63) is 58.0 Å². The SMILES string of the molecule is Cc1ccn(CC2CCCNC2)c(=O)c1C(=O)Nc1ccc(OC(F)F)cc1.Cl. The molecule has 0 bridgehead atoms. The van der Waals surface area contributed by atoms with E-state index in [1.54, 1.807) is 23.8 Å². The van der Waals surface area contributed by atoms with Crippen molar-refractivity contribution in [2.75, 3.05) is 18.4 Å². The number of alkyl halides is 2. The van der Waals surface area contributed by atoms with Gasteiger partial charge in [0.25, 0.3) is 11.5 Å². The predicted octanol–water partition coefficient (Wildman–Crippen LogP) is 3.43. The molecule has 1 fully saturated rings. The van der Waals surface area contributed by atoms with Crippen LogP contribution in [0.1, 0.15) is 28.8 Å². The van der Waals surface area contributed by atoms with Crippen LogP contribution in [-0.2, 0) is 6.54 Å². The summed E-state index contributed by atoms with van der Waals surface area (Å²) >= 11 is 0. The third-order valence-electron chi connectivity index (χ3n) is 4.79. The highest BCUT2D eigenvalue weighted by atomic mass is 35.5. The van der Waals surface area contributed by atoms with Gasteiger partial charge in [0, 0.05) is 18.4 Å². The number of carbonyl (C=O) groups is 1. The van der Waals surface area contributed by atoms with Crippen LogP contribution in [0.2, 0.25) is 0 Å². The molecular formula is C20H24ClF2N3O3. The second-order valence-electron chi connectivity index (χ2n) is 6.90. The molecule has 1 atom stereocenters. The summed E-state index contributed by atoms with van der Waals surface area (Å²) in [5.74, 6) is -0.180. The van der Waals surface area contributed by atoms with Crippen molar-refractivity contribution in [2.45, 2.75) is 32.9 Å². The third kappa shape index (κ3) is 6.01. The lowest BCUT2D eigenvalue weighted by atomic mass is 9.99. The topological polar surface area (TPSA) is 72.4 Å². The Bertz CT molecular complexity index is 882. The highest BCUT2D eigenvalue weighted by Crippen LogP contribution is 2.18. The lowest BCUT2D eigenvalue weighted by Crippen LogP contribution is -2.36. The average molecular weight is 428 g/mol. The summed E-state index contributed by atoms with van der Waals surface area (Å²) in [5, 5.41) is 5.96. The first-order valence-corrected chi connectivity index (χ1v) is 9.21. The molecule has 1 aromatic carbocycles. The standard InChI is InChI=1S/C20H23F2N3O3.ClH/c1-13-8-10-25(12-14-3-2-9-23-11-14)19(27)17(13)18(26)24-15-4-6-16(7-5-15)28-20(21)22;/h4-8,10,14,20,23H,2-3,9,11-12H2,1H3,(H,24,26);1H. The zero-order valence-corrected chi connectivity index (χ0v) is 16.8. The van der Waals surface area contributed by atoms with Crippen molar-refractivity contribution in [3.8, 4) is 5.75 Å². The van der Waals surface area contributed by atoms with Gasteiger partial charge in [-0.1, -0.05) is 0 Å². The Balaban J connectivity index is 0.00000300. The number of aromatic nitrogens is 1. The molecule has 1 aliphatic heterocycles. The van der Waals surface area contributed by atoms with E-state index in [1.165, 1.54) is 24.3 Å². The molecule has 1 aliphatic rings. The van der Waals surface area contributed by atoms with Gasteiger partial charge in [0.15, 0.2) is 0 Å². The number of aryl methyl sites for hydroxylation is 1. The minimum atomic E-state index is -2.91. The number of halogens is 3. The normalized spacial score (nSPS) is 16.2. The van der Waals surface area contributed by atoms with Gasteiger partial charge in [-0.2, -0.15) is 8.78 Å². The Labute approximate surface area is 173 Å². The number of rotatable bonds is 6. The van der Waals surface area contributed by atoms with Crippen LogP contribution in [0, 0.1) is 12.8 Å². The lowest BCUT2D eigenvalue weighted by Gasteiger charge is -2.23. The van der Waals surface area contributed by atoms with E-state index in [0.717, 1.165) is 25.9 Å². The summed E-state index contributed by atoms with van der Waals surface area (Å²) in [7, 11) is 0. The first-order chi connectivity index (χ1) is 13.4. The summed E-state index contributed by atoms with van der Waals surface area (Å²) in [6.45, 7) is 1.21. The van der Waals surface area contributed by atoms with E-state index in [-0.39, 0.29) is 29.3 Å². The zero-order valence-electron chi connectivity index (χ0n) is 16.0. The Morgan fingerprint density at radius 3 is 2.66 bits per heavy atom. The Hall–Kier alpha value is -2.45. The van der Waals surface area contributed by atoms with Crippen LogP contribution in [0.5, 0.6) is 5.75 Å². The van der Waals surface area contributed by atoms with Crippen LogP contribution < -0.4 is 20.9 Å². The van der Waals surface area contributed by atoms with Gasteiger partial charge in [-0.25, -0.2) is 0 Å². The molecule has 9 heteroatoms. The van der Waals surface area contributed by atoms with Gasteiger partial charge in [-0.05, 0) is 74.7 Å². The van der Waals surface area contributed by atoms with Crippen molar-refractivity contribution >= 4 is 24.0 Å². The number of pyridine rings is 1. The van der Waals surface area contributed by atoms with Gasteiger partial charge in [0.1, 0.15) is 11.3 Å². The summed E-state index contributed by atoms with van der Waals surface area (Å²) in [6.07, 6.45) is 3.84. The molecule has 158 valence electrons. The van der Waals surface area contributed by atoms with Crippen LogP contribution in [0.25, 0.3) is 0 Å². The molecule has 3 rings (SSSR count). The van der Waals surface area contributed by atoms with Crippen LogP contribution >= 0.6 is 12.4 Å². The van der Waals surface area contributed by atoms with Crippen LogP contribution in [0.15, 0.2) is 41.3 Å². The largest absolute Gasteiger partial charge is 0.435 e.